The number of carboxylic acid groups (broad SMARTS) is 1. The second kappa shape index (κ2) is 5.60. The van der Waals surface area contributed by atoms with Gasteiger partial charge in [0, 0.05) is 12.4 Å². The molecular weight excluding hydrogens is 246 g/mol. The van der Waals surface area contributed by atoms with E-state index in [0.717, 1.165) is 5.56 Å². The van der Waals surface area contributed by atoms with E-state index in [0.29, 0.717) is 0 Å². The number of aromatic carboxylic acids is 1. The van der Waals surface area contributed by atoms with Crippen LogP contribution in [0.25, 0.3) is 0 Å². The molecule has 0 spiro atoms. The molecule has 2 rings (SSSR count). The molecule has 6 nitrogen and oxygen atoms in total. The lowest BCUT2D eigenvalue weighted by Gasteiger charge is -2.08. The third-order valence-electron chi connectivity index (χ3n) is 2.31. The minimum absolute atomic E-state index is 0.142. The van der Waals surface area contributed by atoms with Crippen LogP contribution in [0.1, 0.15) is 21.7 Å². The van der Waals surface area contributed by atoms with Crippen molar-refractivity contribution in [1.82, 2.24) is 9.97 Å². The second-order valence-corrected chi connectivity index (χ2v) is 3.61. The number of carboxylic acids is 1. The van der Waals surface area contributed by atoms with Gasteiger partial charge in [-0.3, -0.25) is 0 Å². The molecule has 1 N–H and O–H groups in total. The molecule has 0 aromatic carbocycles. The van der Waals surface area contributed by atoms with Crippen LogP contribution < -0.4 is 4.74 Å². The van der Waals surface area contributed by atoms with Crippen molar-refractivity contribution in [3.63, 3.8) is 0 Å². The van der Waals surface area contributed by atoms with E-state index < -0.39 is 5.97 Å². The maximum Gasteiger partial charge on any atom is 0.358 e. The summed E-state index contributed by atoms with van der Waals surface area (Å²) in [6, 6.07) is 8.32. The monoisotopic (exact) mass is 255 g/mol. The van der Waals surface area contributed by atoms with Crippen molar-refractivity contribution < 1.29 is 14.6 Å². The molecule has 0 amide bonds. The maximum absolute atomic E-state index is 10.9. The number of hydrogen-bond donors (Lipinski definition) is 1. The molecule has 0 unspecified atom stereocenters. The number of rotatable bonds is 4. The number of hydrogen-bond acceptors (Lipinski definition) is 5. The largest absolute Gasteiger partial charge is 0.486 e. The van der Waals surface area contributed by atoms with Gasteiger partial charge < -0.3 is 9.84 Å². The molecule has 0 atom stereocenters. The van der Waals surface area contributed by atoms with Crippen LogP contribution in [0.5, 0.6) is 5.75 Å². The Morgan fingerprint density at radius 1 is 1.37 bits per heavy atom. The predicted molar refractivity (Wildman–Crippen MR) is 64.5 cm³/mol. The molecule has 2 heterocycles. The Hall–Kier alpha value is -2.94. The van der Waals surface area contributed by atoms with Gasteiger partial charge in [0.05, 0.1) is 0 Å². The minimum Gasteiger partial charge on any atom is -0.486 e. The molecule has 0 radical (unpaired) electrons. The lowest BCUT2D eigenvalue weighted by atomic mass is 10.2. The van der Waals surface area contributed by atoms with Crippen LogP contribution in [0.4, 0.5) is 0 Å². The Kier molecular flexibility index (Phi) is 3.69. The molecule has 0 aliphatic carbocycles. The zero-order valence-corrected chi connectivity index (χ0v) is 9.78. The van der Waals surface area contributed by atoms with Crippen molar-refractivity contribution in [3.8, 4) is 11.8 Å². The highest BCUT2D eigenvalue weighted by Gasteiger charge is 2.12. The summed E-state index contributed by atoms with van der Waals surface area (Å²) >= 11 is 0. The molecule has 2 aromatic heterocycles. The van der Waals surface area contributed by atoms with E-state index in [1.807, 2.05) is 6.07 Å². The maximum atomic E-state index is 10.9. The van der Waals surface area contributed by atoms with Crippen molar-refractivity contribution >= 4 is 5.97 Å². The third kappa shape index (κ3) is 3.04. The van der Waals surface area contributed by atoms with Crippen LogP contribution in [-0.4, -0.2) is 21.0 Å². The van der Waals surface area contributed by atoms with Crippen LogP contribution in [0.2, 0.25) is 0 Å². The summed E-state index contributed by atoms with van der Waals surface area (Å²) in [4.78, 5) is 18.5. The Labute approximate surface area is 108 Å². The number of pyridine rings is 2. The van der Waals surface area contributed by atoms with E-state index in [9.17, 15) is 4.79 Å². The van der Waals surface area contributed by atoms with Crippen molar-refractivity contribution in [2.45, 2.75) is 6.61 Å². The Balaban J connectivity index is 2.15. The average molecular weight is 255 g/mol. The van der Waals surface area contributed by atoms with E-state index in [1.54, 1.807) is 18.2 Å². The lowest BCUT2D eigenvalue weighted by molar-refractivity contribution is 0.0685. The van der Waals surface area contributed by atoms with Gasteiger partial charge in [-0.2, -0.15) is 5.26 Å². The van der Waals surface area contributed by atoms with Gasteiger partial charge in [0.1, 0.15) is 18.4 Å². The van der Waals surface area contributed by atoms with Crippen molar-refractivity contribution in [2.24, 2.45) is 0 Å². The quantitative estimate of drug-likeness (QED) is 0.891. The number of ether oxygens (including phenoxy) is 1. The minimum atomic E-state index is -1.15. The molecule has 94 valence electrons. The Morgan fingerprint density at radius 3 is 2.95 bits per heavy atom. The summed E-state index contributed by atoms with van der Waals surface area (Å²) in [7, 11) is 0. The SMILES string of the molecule is N#Cc1cc(COc2cccnc2C(=O)O)ccn1. The van der Waals surface area contributed by atoms with Gasteiger partial charge >= 0.3 is 5.97 Å². The fourth-order valence-electron chi connectivity index (χ4n) is 1.45. The second-order valence-electron chi connectivity index (χ2n) is 3.61. The van der Waals surface area contributed by atoms with E-state index in [2.05, 4.69) is 9.97 Å². The summed E-state index contributed by atoms with van der Waals surface area (Å²) < 4.78 is 5.40. The summed E-state index contributed by atoms with van der Waals surface area (Å²) in [6.45, 7) is 0.142. The van der Waals surface area contributed by atoms with E-state index in [-0.39, 0.29) is 23.7 Å². The molecule has 0 aliphatic heterocycles. The molecule has 0 saturated heterocycles. The molecule has 0 bridgehead atoms. The fraction of sp³-hybridized carbons (Fsp3) is 0.0769. The highest BCUT2D eigenvalue weighted by Crippen LogP contribution is 2.17. The summed E-state index contributed by atoms with van der Waals surface area (Å²) in [5.74, 6) is -0.964. The van der Waals surface area contributed by atoms with Gasteiger partial charge in [0.15, 0.2) is 11.4 Å². The summed E-state index contributed by atoms with van der Waals surface area (Å²) in [5, 5.41) is 17.7. The van der Waals surface area contributed by atoms with Crippen LogP contribution in [0, 0.1) is 11.3 Å². The highest BCUT2D eigenvalue weighted by atomic mass is 16.5. The predicted octanol–water partition coefficient (Wildman–Crippen LogP) is 1.63. The first kappa shape index (κ1) is 12.5. The molecule has 2 aromatic rings. The molecule has 0 fully saturated rings. The summed E-state index contributed by atoms with van der Waals surface area (Å²) in [6.07, 6.45) is 2.88. The molecule has 19 heavy (non-hydrogen) atoms. The van der Waals surface area contributed by atoms with Gasteiger partial charge in [-0.15, -0.1) is 0 Å². The first-order valence-electron chi connectivity index (χ1n) is 5.37. The van der Waals surface area contributed by atoms with Gasteiger partial charge in [-0.1, -0.05) is 0 Å². The Morgan fingerprint density at radius 2 is 2.21 bits per heavy atom. The smallest absolute Gasteiger partial charge is 0.358 e. The third-order valence-corrected chi connectivity index (χ3v) is 2.31. The van der Waals surface area contributed by atoms with Crippen molar-refractivity contribution in [3.05, 3.63) is 53.6 Å². The van der Waals surface area contributed by atoms with Crippen LogP contribution in [0.3, 0.4) is 0 Å². The van der Waals surface area contributed by atoms with Gasteiger partial charge in [0.25, 0.3) is 0 Å². The topological polar surface area (TPSA) is 96.1 Å². The number of carbonyl (C=O) groups is 1. The first-order valence-corrected chi connectivity index (χ1v) is 5.37. The van der Waals surface area contributed by atoms with Crippen LogP contribution >= 0.6 is 0 Å². The molecular formula is C13H9N3O3. The van der Waals surface area contributed by atoms with Crippen molar-refractivity contribution in [2.75, 3.05) is 0 Å². The highest BCUT2D eigenvalue weighted by molar-refractivity contribution is 5.88. The molecule has 0 saturated carbocycles. The summed E-state index contributed by atoms with van der Waals surface area (Å²) in [5.41, 5.74) is 0.870. The van der Waals surface area contributed by atoms with E-state index >= 15 is 0 Å². The normalized spacial score (nSPS) is 9.63. The first-order chi connectivity index (χ1) is 9.20. The van der Waals surface area contributed by atoms with Gasteiger partial charge in [-0.25, -0.2) is 14.8 Å². The lowest BCUT2D eigenvalue weighted by Crippen LogP contribution is -2.05. The van der Waals surface area contributed by atoms with Crippen molar-refractivity contribution in [1.29, 1.82) is 5.26 Å². The standard InChI is InChI=1S/C13H9N3O3/c14-7-10-6-9(3-5-15-10)8-19-11-2-1-4-16-12(11)13(17)18/h1-6H,8H2,(H,17,18). The molecule has 6 heteroatoms. The number of nitrogens with zero attached hydrogens (tertiary/aromatic N) is 3. The molecule has 0 aliphatic rings. The van der Waals surface area contributed by atoms with E-state index in [1.165, 1.54) is 18.5 Å². The van der Waals surface area contributed by atoms with Crippen LogP contribution in [0.15, 0.2) is 36.7 Å². The average Bonchev–Trinajstić information content (AvgIpc) is 2.45. The fourth-order valence-corrected chi connectivity index (χ4v) is 1.45. The van der Waals surface area contributed by atoms with Gasteiger partial charge in [0.2, 0.25) is 0 Å². The Bertz CT molecular complexity index is 650. The van der Waals surface area contributed by atoms with Crippen LogP contribution in [-0.2, 0) is 6.61 Å². The number of aromatic nitrogens is 2. The number of nitriles is 1. The zero-order valence-electron chi connectivity index (χ0n) is 9.78. The zero-order chi connectivity index (χ0) is 13.7. The van der Waals surface area contributed by atoms with Gasteiger partial charge in [-0.05, 0) is 29.8 Å². The van der Waals surface area contributed by atoms with E-state index in [4.69, 9.17) is 15.1 Å².